The van der Waals surface area contributed by atoms with Crippen molar-refractivity contribution in [2.45, 2.75) is 63.5 Å². The van der Waals surface area contributed by atoms with E-state index in [9.17, 15) is 14.4 Å². The molecule has 4 aromatic carbocycles. The second-order valence-corrected chi connectivity index (χ2v) is 11.5. The van der Waals surface area contributed by atoms with Crippen LogP contribution in [0.15, 0.2) is 103 Å². The summed E-state index contributed by atoms with van der Waals surface area (Å²) in [5.74, 6) is -1.42. The summed E-state index contributed by atoms with van der Waals surface area (Å²) in [6.45, 7) is 3.30. The van der Waals surface area contributed by atoms with Crippen LogP contribution in [-0.2, 0) is 39.9 Å². The molecule has 2 fully saturated rings. The summed E-state index contributed by atoms with van der Waals surface area (Å²) in [7, 11) is 0. The van der Waals surface area contributed by atoms with Crippen molar-refractivity contribution in [3.05, 3.63) is 120 Å². The van der Waals surface area contributed by atoms with E-state index < -0.39 is 54.9 Å². The molecule has 6 rings (SSSR count). The number of rotatable bonds is 9. The van der Waals surface area contributed by atoms with Crippen LogP contribution in [-0.4, -0.2) is 61.1 Å². The molecule has 2 heterocycles. The molecule has 2 aliphatic heterocycles. The fourth-order valence-corrected chi connectivity index (χ4v) is 5.72. The third-order valence-electron chi connectivity index (χ3n) is 8.08. The number of hydrogen-bond acceptors (Lipinski definition) is 8. The fourth-order valence-electron chi connectivity index (χ4n) is 5.72. The van der Waals surface area contributed by atoms with Crippen LogP contribution in [0.2, 0.25) is 0 Å². The van der Waals surface area contributed by atoms with Crippen molar-refractivity contribution in [1.82, 2.24) is 16.2 Å². The molecule has 0 saturated carbocycles. The highest BCUT2D eigenvalue weighted by Gasteiger charge is 2.52. The monoisotopic (exact) mass is 639 g/mol. The second-order valence-electron chi connectivity index (χ2n) is 11.5. The average Bonchev–Trinajstić information content (AvgIpc) is 3.10. The normalized spacial score (nSPS) is 24.5. The summed E-state index contributed by atoms with van der Waals surface area (Å²) in [5.41, 5.74) is 7.02. The first kappa shape index (κ1) is 32.3. The molecule has 7 atom stereocenters. The second kappa shape index (κ2) is 14.8. The lowest BCUT2D eigenvalue weighted by Gasteiger charge is -2.49. The van der Waals surface area contributed by atoms with Gasteiger partial charge in [0.15, 0.2) is 12.6 Å². The molecule has 4 aromatic rings. The van der Waals surface area contributed by atoms with E-state index >= 15 is 0 Å². The van der Waals surface area contributed by atoms with Crippen LogP contribution in [0.1, 0.15) is 41.6 Å². The molecule has 2 aliphatic rings. The first-order valence-corrected chi connectivity index (χ1v) is 15.5. The smallest absolute Gasteiger partial charge is 0.269 e. The number of nitrogens with one attached hydrogen (secondary N) is 3. The largest absolute Gasteiger partial charge is 0.360 e. The first-order chi connectivity index (χ1) is 22.9. The number of ether oxygens (including phenoxy) is 5. The van der Waals surface area contributed by atoms with Crippen LogP contribution in [0.5, 0.6) is 0 Å². The van der Waals surface area contributed by atoms with Crippen molar-refractivity contribution >= 4 is 28.5 Å². The van der Waals surface area contributed by atoms with Gasteiger partial charge in [-0.05, 0) is 35.4 Å². The van der Waals surface area contributed by atoms with E-state index in [0.29, 0.717) is 5.56 Å². The van der Waals surface area contributed by atoms with Gasteiger partial charge in [0.25, 0.3) is 11.8 Å². The van der Waals surface area contributed by atoms with Crippen LogP contribution in [0.25, 0.3) is 10.8 Å². The van der Waals surface area contributed by atoms with E-state index in [1.54, 1.807) is 19.1 Å². The number of amides is 3. The van der Waals surface area contributed by atoms with Gasteiger partial charge in [-0.3, -0.25) is 25.2 Å². The Morgan fingerprint density at radius 3 is 2.30 bits per heavy atom. The highest BCUT2D eigenvalue weighted by atomic mass is 16.8. The Bertz CT molecular complexity index is 1690. The Kier molecular flexibility index (Phi) is 10.2. The Hall–Kier alpha value is -4.65. The van der Waals surface area contributed by atoms with E-state index in [1.165, 1.54) is 6.92 Å². The Labute approximate surface area is 272 Å². The molecule has 2 saturated heterocycles. The van der Waals surface area contributed by atoms with E-state index in [4.69, 9.17) is 23.7 Å². The fraction of sp³-hybridized carbons (Fsp3) is 0.306. The van der Waals surface area contributed by atoms with Crippen molar-refractivity contribution in [2.24, 2.45) is 0 Å². The molecule has 3 N–H and O–H groups in total. The van der Waals surface area contributed by atoms with Crippen LogP contribution in [0.4, 0.5) is 0 Å². The van der Waals surface area contributed by atoms with Crippen LogP contribution >= 0.6 is 0 Å². The molecule has 0 radical (unpaired) electrons. The number of hydrogen-bond donors (Lipinski definition) is 3. The third-order valence-corrected chi connectivity index (χ3v) is 8.08. The lowest BCUT2D eigenvalue weighted by atomic mass is 9.95. The maximum Gasteiger partial charge on any atom is 0.269 e. The predicted molar refractivity (Wildman–Crippen MR) is 171 cm³/mol. The van der Waals surface area contributed by atoms with Crippen molar-refractivity contribution in [1.29, 1.82) is 0 Å². The van der Waals surface area contributed by atoms with Gasteiger partial charge < -0.3 is 29.0 Å². The minimum absolute atomic E-state index is 0.157. The highest BCUT2D eigenvalue weighted by Crippen LogP contribution is 2.36. The van der Waals surface area contributed by atoms with Gasteiger partial charge in [0.2, 0.25) is 5.91 Å². The van der Waals surface area contributed by atoms with Gasteiger partial charge in [-0.1, -0.05) is 91.0 Å². The molecule has 0 aliphatic carbocycles. The molecule has 11 heteroatoms. The summed E-state index contributed by atoms with van der Waals surface area (Å²) >= 11 is 0. The van der Waals surface area contributed by atoms with Gasteiger partial charge in [-0.2, -0.15) is 0 Å². The zero-order valence-corrected chi connectivity index (χ0v) is 26.0. The third kappa shape index (κ3) is 7.84. The van der Waals surface area contributed by atoms with Gasteiger partial charge in [-0.25, -0.2) is 0 Å². The van der Waals surface area contributed by atoms with Gasteiger partial charge in [-0.15, -0.1) is 0 Å². The van der Waals surface area contributed by atoms with E-state index in [1.807, 2.05) is 91.0 Å². The van der Waals surface area contributed by atoms with Crippen LogP contribution < -0.4 is 16.2 Å². The summed E-state index contributed by atoms with van der Waals surface area (Å²) in [5, 5.41) is 4.79. The van der Waals surface area contributed by atoms with Crippen LogP contribution in [0.3, 0.4) is 0 Å². The van der Waals surface area contributed by atoms with Gasteiger partial charge >= 0.3 is 0 Å². The van der Waals surface area contributed by atoms with E-state index in [2.05, 4.69) is 16.2 Å². The molecule has 0 spiro atoms. The molecule has 0 unspecified atom stereocenters. The Morgan fingerprint density at radius 2 is 1.55 bits per heavy atom. The molecular formula is C36H37N3O8. The molecule has 0 bridgehead atoms. The SMILES string of the molecule is CC(=O)N[C@H]1[C@@H](OCc2ccccc2)O[C@@H]2CO[C@H](c3ccccc3)O[C@H]2[C@@H]1O[C@@H](C)C(=O)NNC(=O)c1ccc2ccccc2c1. The standard InChI is InChI=1S/C36H37N3O8/c1-22(33(41)38-39-34(42)28-18-17-25-13-9-10-16-27(25)19-28)45-32-30(37-23(2)40)36(43-20-24-11-5-3-6-12-24)46-29-21-44-35(47-31(29)32)26-14-7-4-8-15-26/h3-19,22,29-32,35-36H,20-21H2,1-2H3,(H,37,40)(H,38,41)(H,39,42)/t22-,29+,30+,31+,32+,35-,36-/m0/s1. The van der Waals surface area contributed by atoms with Crippen LogP contribution in [0, 0.1) is 0 Å². The Balaban J connectivity index is 1.19. The molecule has 244 valence electrons. The summed E-state index contributed by atoms with van der Waals surface area (Å²) in [4.78, 5) is 38.6. The van der Waals surface area contributed by atoms with Gasteiger partial charge in [0.05, 0.1) is 13.2 Å². The zero-order chi connectivity index (χ0) is 32.8. The lowest BCUT2D eigenvalue weighted by Crippen LogP contribution is -2.68. The summed E-state index contributed by atoms with van der Waals surface area (Å²) in [6, 6.07) is 31.1. The predicted octanol–water partition coefficient (Wildman–Crippen LogP) is 3.94. The van der Waals surface area contributed by atoms with Crippen molar-refractivity contribution in [3.8, 4) is 0 Å². The van der Waals surface area contributed by atoms with Gasteiger partial charge in [0, 0.05) is 18.1 Å². The quantitative estimate of drug-likeness (QED) is 0.235. The lowest BCUT2D eigenvalue weighted by molar-refractivity contribution is -0.351. The number of carbonyl (C=O) groups is 3. The summed E-state index contributed by atoms with van der Waals surface area (Å²) in [6.07, 6.45) is -5.03. The molecule has 0 aromatic heterocycles. The number of fused-ring (bicyclic) bond motifs is 2. The average molecular weight is 640 g/mol. The minimum atomic E-state index is -1.08. The maximum absolute atomic E-state index is 13.3. The van der Waals surface area contributed by atoms with Crippen molar-refractivity contribution in [2.75, 3.05) is 6.61 Å². The summed E-state index contributed by atoms with van der Waals surface area (Å²) < 4.78 is 31.3. The minimum Gasteiger partial charge on any atom is -0.360 e. The topological polar surface area (TPSA) is 133 Å². The van der Waals surface area contributed by atoms with E-state index in [0.717, 1.165) is 21.9 Å². The van der Waals surface area contributed by atoms with Crippen molar-refractivity contribution in [3.63, 3.8) is 0 Å². The number of carbonyl (C=O) groups excluding carboxylic acids is 3. The number of hydrazine groups is 1. The maximum atomic E-state index is 13.3. The molecular weight excluding hydrogens is 602 g/mol. The number of benzene rings is 4. The van der Waals surface area contributed by atoms with Gasteiger partial charge in [0.1, 0.15) is 30.5 Å². The van der Waals surface area contributed by atoms with Crippen molar-refractivity contribution < 1.29 is 38.1 Å². The molecule has 3 amide bonds. The first-order valence-electron chi connectivity index (χ1n) is 15.5. The zero-order valence-electron chi connectivity index (χ0n) is 26.0. The highest BCUT2D eigenvalue weighted by molar-refractivity contribution is 5.99. The molecule has 47 heavy (non-hydrogen) atoms. The van der Waals surface area contributed by atoms with E-state index in [-0.39, 0.29) is 19.1 Å². The molecule has 11 nitrogen and oxygen atoms in total. The Morgan fingerprint density at radius 1 is 0.851 bits per heavy atom.